The number of rotatable bonds is 8. The van der Waals surface area contributed by atoms with Crippen LogP contribution in [-0.4, -0.2) is 56.7 Å². The zero-order valence-corrected chi connectivity index (χ0v) is 15.6. The molecule has 0 amide bonds. The number of ether oxygens (including phenoxy) is 1. The molecule has 2 N–H and O–H groups in total. The molecule has 1 heterocycles. The van der Waals surface area contributed by atoms with E-state index in [1.807, 2.05) is 0 Å². The maximum absolute atomic E-state index is 13.1. The molecule has 2 rings (SSSR count). The first-order valence-electron chi connectivity index (χ1n) is 9.22. The number of halogens is 1. The SMILES string of the molecule is CCNC(=NCC(OC)c1ccc(F)cc1)NCC1CCCN1CC. The number of aliphatic imine (C=N–C) groups is 1. The predicted molar refractivity (Wildman–Crippen MR) is 100 cm³/mol. The van der Waals surface area contributed by atoms with Crippen molar-refractivity contribution in [2.75, 3.05) is 39.8 Å². The van der Waals surface area contributed by atoms with E-state index < -0.39 is 0 Å². The van der Waals surface area contributed by atoms with Gasteiger partial charge in [0.2, 0.25) is 0 Å². The molecule has 1 aromatic carbocycles. The standard InChI is InChI=1S/C19H31FN4O/c1-4-21-19(22-13-17-7-6-12-24(17)5-2)23-14-18(25-3)15-8-10-16(20)11-9-15/h8-11,17-18H,4-7,12-14H2,1-3H3,(H2,21,22,23). The maximum Gasteiger partial charge on any atom is 0.191 e. The molecule has 140 valence electrons. The van der Waals surface area contributed by atoms with Gasteiger partial charge in [-0.25, -0.2) is 4.39 Å². The summed E-state index contributed by atoms with van der Waals surface area (Å²) in [6.45, 7) is 8.74. The number of nitrogens with zero attached hydrogens (tertiary/aromatic N) is 2. The van der Waals surface area contributed by atoms with Crippen molar-refractivity contribution in [1.82, 2.24) is 15.5 Å². The number of likely N-dealkylation sites (tertiary alicyclic amines) is 1. The summed E-state index contributed by atoms with van der Waals surface area (Å²) in [4.78, 5) is 7.16. The highest BCUT2D eigenvalue weighted by atomic mass is 19.1. The molecule has 0 spiro atoms. The van der Waals surface area contributed by atoms with E-state index in [0.29, 0.717) is 12.6 Å². The second-order valence-corrected chi connectivity index (χ2v) is 6.30. The summed E-state index contributed by atoms with van der Waals surface area (Å²) in [6.07, 6.45) is 2.32. The molecule has 1 aromatic rings. The molecule has 0 aromatic heterocycles. The quantitative estimate of drug-likeness (QED) is 0.559. The molecule has 2 unspecified atom stereocenters. The molecule has 0 aliphatic carbocycles. The molecule has 0 radical (unpaired) electrons. The fourth-order valence-corrected chi connectivity index (χ4v) is 3.27. The van der Waals surface area contributed by atoms with Crippen LogP contribution < -0.4 is 10.6 Å². The van der Waals surface area contributed by atoms with E-state index in [-0.39, 0.29) is 11.9 Å². The highest BCUT2D eigenvalue weighted by Gasteiger charge is 2.22. The smallest absolute Gasteiger partial charge is 0.191 e. The Labute approximate surface area is 150 Å². The molecule has 6 heteroatoms. The van der Waals surface area contributed by atoms with Crippen molar-refractivity contribution in [2.45, 2.75) is 38.8 Å². The van der Waals surface area contributed by atoms with E-state index in [9.17, 15) is 4.39 Å². The monoisotopic (exact) mass is 350 g/mol. The topological polar surface area (TPSA) is 48.9 Å². The first-order valence-corrected chi connectivity index (χ1v) is 9.22. The average molecular weight is 350 g/mol. The third-order valence-electron chi connectivity index (χ3n) is 4.70. The Morgan fingerprint density at radius 3 is 2.72 bits per heavy atom. The van der Waals surface area contributed by atoms with Gasteiger partial charge in [-0.3, -0.25) is 9.89 Å². The van der Waals surface area contributed by atoms with Gasteiger partial charge < -0.3 is 15.4 Å². The summed E-state index contributed by atoms with van der Waals surface area (Å²) < 4.78 is 18.6. The first kappa shape index (κ1) is 19.7. The number of hydrogen-bond acceptors (Lipinski definition) is 3. The molecular formula is C19H31FN4O. The fourth-order valence-electron chi connectivity index (χ4n) is 3.27. The van der Waals surface area contributed by atoms with E-state index in [1.54, 1.807) is 19.2 Å². The van der Waals surface area contributed by atoms with Crippen LogP contribution in [0, 0.1) is 5.82 Å². The minimum absolute atomic E-state index is 0.185. The molecule has 25 heavy (non-hydrogen) atoms. The minimum atomic E-state index is -0.242. The number of benzene rings is 1. The Balaban J connectivity index is 1.94. The molecule has 1 aliphatic rings. The van der Waals surface area contributed by atoms with E-state index >= 15 is 0 Å². The largest absolute Gasteiger partial charge is 0.375 e. The third-order valence-corrected chi connectivity index (χ3v) is 4.70. The zero-order chi connectivity index (χ0) is 18.1. The Kier molecular flexibility index (Phi) is 8.15. The zero-order valence-electron chi connectivity index (χ0n) is 15.6. The summed E-state index contributed by atoms with van der Waals surface area (Å²) >= 11 is 0. The van der Waals surface area contributed by atoms with Crippen LogP contribution in [0.2, 0.25) is 0 Å². The average Bonchev–Trinajstić information content (AvgIpc) is 3.09. The van der Waals surface area contributed by atoms with Gasteiger partial charge >= 0.3 is 0 Å². The molecule has 1 saturated heterocycles. The molecule has 0 bridgehead atoms. The Bertz CT molecular complexity index is 535. The van der Waals surface area contributed by atoms with Gasteiger partial charge in [0.1, 0.15) is 11.9 Å². The van der Waals surface area contributed by atoms with Gasteiger partial charge in [-0.05, 0) is 50.6 Å². The summed E-state index contributed by atoms with van der Waals surface area (Å²) in [5, 5.41) is 6.73. The molecule has 5 nitrogen and oxygen atoms in total. The van der Waals surface area contributed by atoms with Crippen molar-refractivity contribution in [1.29, 1.82) is 0 Å². The van der Waals surface area contributed by atoms with Crippen molar-refractivity contribution in [3.8, 4) is 0 Å². The van der Waals surface area contributed by atoms with Gasteiger partial charge in [0.25, 0.3) is 0 Å². The number of likely N-dealkylation sites (N-methyl/N-ethyl adjacent to an activating group) is 1. The van der Waals surface area contributed by atoms with E-state index in [4.69, 9.17) is 4.74 Å². The molecule has 1 fully saturated rings. The lowest BCUT2D eigenvalue weighted by molar-refractivity contribution is 0.111. The first-order chi connectivity index (χ1) is 12.2. The number of guanidine groups is 1. The van der Waals surface area contributed by atoms with E-state index in [0.717, 1.165) is 31.2 Å². The number of methoxy groups -OCH3 is 1. The van der Waals surface area contributed by atoms with Gasteiger partial charge in [-0.15, -0.1) is 0 Å². The van der Waals surface area contributed by atoms with Crippen molar-refractivity contribution < 1.29 is 9.13 Å². The lowest BCUT2D eigenvalue weighted by atomic mass is 10.1. The molecule has 0 saturated carbocycles. The lowest BCUT2D eigenvalue weighted by Crippen LogP contribution is -2.45. The van der Waals surface area contributed by atoms with Crippen LogP contribution >= 0.6 is 0 Å². The highest BCUT2D eigenvalue weighted by Crippen LogP contribution is 2.18. The lowest BCUT2D eigenvalue weighted by Gasteiger charge is -2.24. The Hall–Kier alpha value is -1.66. The van der Waals surface area contributed by atoms with E-state index in [2.05, 4.69) is 34.4 Å². The van der Waals surface area contributed by atoms with Gasteiger partial charge in [-0.1, -0.05) is 19.1 Å². The molecule has 2 atom stereocenters. The van der Waals surface area contributed by atoms with Gasteiger partial charge in [0, 0.05) is 26.2 Å². The van der Waals surface area contributed by atoms with Crippen LogP contribution in [-0.2, 0) is 4.74 Å². The Morgan fingerprint density at radius 2 is 2.08 bits per heavy atom. The second kappa shape index (κ2) is 10.4. The van der Waals surface area contributed by atoms with Crippen LogP contribution in [0.15, 0.2) is 29.3 Å². The van der Waals surface area contributed by atoms with Crippen molar-refractivity contribution in [3.63, 3.8) is 0 Å². The molecule has 1 aliphatic heterocycles. The number of hydrogen-bond donors (Lipinski definition) is 2. The van der Waals surface area contributed by atoms with Gasteiger partial charge in [0.05, 0.1) is 6.54 Å². The van der Waals surface area contributed by atoms with Crippen LogP contribution in [0.25, 0.3) is 0 Å². The van der Waals surface area contributed by atoms with Crippen LogP contribution in [0.4, 0.5) is 4.39 Å². The second-order valence-electron chi connectivity index (χ2n) is 6.30. The number of nitrogens with one attached hydrogen (secondary N) is 2. The summed E-state index contributed by atoms with van der Waals surface area (Å²) in [5.41, 5.74) is 0.927. The van der Waals surface area contributed by atoms with Gasteiger partial charge in [-0.2, -0.15) is 0 Å². The predicted octanol–water partition coefficient (Wildman–Crippen LogP) is 2.55. The van der Waals surface area contributed by atoms with Crippen LogP contribution in [0.5, 0.6) is 0 Å². The fraction of sp³-hybridized carbons (Fsp3) is 0.632. The third kappa shape index (κ3) is 5.97. The maximum atomic E-state index is 13.1. The van der Waals surface area contributed by atoms with Crippen LogP contribution in [0.3, 0.4) is 0 Å². The van der Waals surface area contributed by atoms with E-state index in [1.165, 1.54) is 31.5 Å². The van der Waals surface area contributed by atoms with Gasteiger partial charge in [0.15, 0.2) is 5.96 Å². The Morgan fingerprint density at radius 1 is 1.32 bits per heavy atom. The van der Waals surface area contributed by atoms with Crippen LogP contribution in [0.1, 0.15) is 38.4 Å². The minimum Gasteiger partial charge on any atom is -0.375 e. The van der Waals surface area contributed by atoms with Crippen molar-refractivity contribution in [2.24, 2.45) is 4.99 Å². The normalized spacial score (nSPS) is 19.8. The van der Waals surface area contributed by atoms with Crippen molar-refractivity contribution >= 4 is 5.96 Å². The summed E-state index contributed by atoms with van der Waals surface area (Å²) in [7, 11) is 1.65. The molecular weight excluding hydrogens is 319 g/mol. The van der Waals surface area contributed by atoms with Crippen molar-refractivity contribution in [3.05, 3.63) is 35.6 Å². The summed E-state index contributed by atoms with van der Waals surface area (Å²) in [6, 6.07) is 6.97. The summed E-state index contributed by atoms with van der Waals surface area (Å²) in [5.74, 6) is 0.559. The highest BCUT2D eigenvalue weighted by molar-refractivity contribution is 5.79.